The molecule has 2 aliphatic heterocycles. The van der Waals surface area contributed by atoms with Crippen molar-refractivity contribution in [3.8, 4) is 0 Å². The Labute approximate surface area is 201 Å². The van der Waals surface area contributed by atoms with Crippen LogP contribution in [0.3, 0.4) is 0 Å². The van der Waals surface area contributed by atoms with Crippen LogP contribution in [-0.4, -0.2) is 54.2 Å². The van der Waals surface area contributed by atoms with Gasteiger partial charge in [0.1, 0.15) is 11.4 Å². The molecule has 1 aliphatic carbocycles. The van der Waals surface area contributed by atoms with Gasteiger partial charge in [-0.15, -0.1) is 0 Å². The number of carboxylic acid groups (broad SMARTS) is 1. The van der Waals surface area contributed by atoms with E-state index in [1.54, 1.807) is 13.8 Å². The number of nitrogens with one attached hydrogen (secondary N) is 1. The second kappa shape index (κ2) is 9.26. The number of aromatic carboxylic acids is 1. The lowest BCUT2D eigenvalue weighted by molar-refractivity contribution is -0.125. The van der Waals surface area contributed by atoms with Gasteiger partial charge in [0.15, 0.2) is 0 Å². The zero-order valence-corrected chi connectivity index (χ0v) is 20.8. The summed E-state index contributed by atoms with van der Waals surface area (Å²) in [4.78, 5) is 28.9. The second-order valence-electron chi connectivity index (χ2n) is 10.0. The first kappa shape index (κ1) is 24.6. The van der Waals surface area contributed by atoms with E-state index >= 15 is 0 Å². The van der Waals surface area contributed by atoms with Gasteiger partial charge in [0.05, 0.1) is 5.56 Å². The van der Waals surface area contributed by atoms with Gasteiger partial charge in [0, 0.05) is 24.4 Å². The van der Waals surface area contributed by atoms with E-state index in [-0.39, 0.29) is 24.6 Å². The van der Waals surface area contributed by atoms with Crippen molar-refractivity contribution in [2.75, 3.05) is 13.1 Å². The zero-order chi connectivity index (χ0) is 24.7. The first-order valence-electron chi connectivity index (χ1n) is 11.9. The van der Waals surface area contributed by atoms with E-state index in [1.807, 2.05) is 0 Å². The summed E-state index contributed by atoms with van der Waals surface area (Å²) in [7, 11) is -3.69. The molecule has 2 fully saturated rings. The minimum absolute atomic E-state index is 0.0986. The predicted molar refractivity (Wildman–Crippen MR) is 131 cm³/mol. The fourth-order valence-corrected chi connectivity index (χ4v) is 6.49. The summed E-state index contributed by atoms with van der Waals surface area (Å²) >= 11 is 0. The molecule has 1 saturated heterocycles. The summed E-state index contributed by atoms with van der Waals surface area (Å²) in [6.45, 7) is 6.24. The minimum Gasteiger partial charge on any atom is -0.478 e. The van der Waals surface area contributed by atoms with Crippen molar-refractivity contribution in [3.05, 3.63) is 39.8 Å². The molecule has 3 aliphatic rings. The number of hydrogen-bond acceptors (Lipinski definition) is 5. The van der Waals surface area contributed by atoms with Crippen LogP contribution in [-0.2, 0) is 14.8 Å². The monoisotopic (exact) mass is 487 g/mol. The van der Waals surface area contributed by atoms with Gasteiger partial charge in [-0.25, -0.2) is 13.2 Å². The number of carboxylic acids is 1. The molecule has 8 nitrogen and oxygen atoms in total. The van der Waals surface area contributed by atoms with Crippen molar-refractivity contribution in [1.82, 2.24) is 9.62 Å². The maximum absolute atomic E-state index is 13.0. The largest absolute Gasteiger partial charge is 0.478 e. The number of rotatable bonds is 5. The van der Waals surface area contributed by atoms with E-state index in [2.05, 4.69) is 12.2 Å². The maximum atomic E-state index is 13.0. The molecule has 1 aromatic carbocycles. The second-order valence-corrected chi connectivity index (χ2v) is 11.8. The van der Waals surface area contributed by atoms with Gasteiger partial charge in [-0.1, -0.05) is 19.8 Å². The number of aryl methyl sites for hydroxylation is 2. The van der Waals surface area contributed by atoms with Gasteiger partial charge in [-0.05, 0) is 80.3 Å². The average molecular weight is 488 g/mol. The van der Waals surface area contributed by atoms with Crippen molar-refractivity contribution in [1.29, 1.82) is 0 Å². The molecule has 0 atom stereocenters. The smallest absolute Gasteiger partial charge is 0.335 e. The lowest BCUT2D eigenvalue weighted by atomic mass is 9.82. The molecular weight excluding hydrogens is 454 g/mol. The number of carbonyl (C=O) groups is 2. The molecule has 1 aromatic rings. The molecule has 0 radical (unpaired) electrons. The van der Waals surface area contributed by atoms with Crippen LogP contribution in [0.1, 0.15) is 72.5 Å². The van der Waals surface area contributed by atoms with Crippen LogP contribution in [0, 0.1) is 25.7 Å². The number of aliphatic imine (C=N–C) groups is 1. The SMILES string of the molecule is Cc1cc(C(=O)O)cc(C)c1/C=C/S(=O)(=O)N1CCC2(CC1)N=C(C1CCC(C)CC1)NC2=O. The summed E-state index contributed by atoms with van der Waals surface area (Å²) in [5, 5.41) is 13.4. The lowest BCUT2D eigenvalue weighted by Crippen LogP contribution is -2.50. The van der Waals surface area contributed by atoms with Crippen LogP contribution in [0.25, 0.3) is 6.08 Å². The molecule has 1 spiro atoms. The van der Waals surface area contributed by atoms with E-state index in [0.717, 1.165) is 31.5 Å². The van der Waals surface area contributed by atoms with E-state index in [0.29, 0.717) is 41.4 Å². The van der Waals surface area contributed by atoms with Crippen LogP contribution in [0.5, 0.6) is 0 Å². The molecule has 2 heterocycles. The van der Waals surface area contributed by atoms with E-state index in [4.69, 9.17) is 4.99 Å². The van der Waals surface area contributed by atoms with Crippen molar-refractivity contribution in [2.24, 2.45) is 16.8 Å². The Bertz CT molecular complexity index is 1130. The van der Waals surface area contributed by atoms with E-state index < -0.39 is 21.5 Å². The van der Waals surface area contributed by atoms with Crippen LogP contribution in [0.4, 0.5) is 0 Å². The van der Waals surface area contributed by atoms with Crippen molar-refractivity contribution in [3.63, 3.8) is 0 Å². The fraction of sp³-hybridized carbons (Fsp3) is 0.560. The van der Waals surface area contributed by atoms with E-state index in [9.17, 15) is 23.1 Å². The first-order valence-corrected chi connectivity index (χ1v) is 13.4. The average Bonchev–Trinajstić information content (AvgIpc) is 3.09. The number of hydrogen-bond donors (Lipinski definition) is 2. The predicted octanol–water partition coefficient (Wildman–Crippen LogP) is 3.49. The maximum Gasteiger partial charge on any atom is 0.335 e. The highest BCUT2D eigenvalue weighted by Crippen LogP contribution is 2.36. The number of amidine groups is 1. The van der Waals surface area contributed by atoms with Crippen molar-refractivity contribution in [2.45, 2.75) is 64.8 Å². The molecule has 1 saturated carbocycles. The number of carbonyl (C=O) groups excluding carboxylic acids is 1. The standard InChI is InChI=1S/C25H33N3O5S/c1-16-4-6-19(7-5-16)22-26-24(31)25(27-22)9-11-28(12-10-25)34(32,33)13-8-21-17(2)14-20(23(29)30)15-18(21)3/h8,13-16,19H,4-7,9-12H2,1-3H3,(H,29,30)(H,26,27,31)/b13-8+. The number of piperidine rings is 1. The van der Waals surface area contributed by atoms with Gasteiger partial charge >= 0.3 is 5.97 Å². The molecular formula is C25H33N3O5S. The van der Waals surface area contributed by atoms with E-state index in [1.165, 1.54) is 27.9 Å². The Kier molecular flexibility index (Phi) is 6.70. The van der Waals surface area contributed by atoms with Crippen LogP contribution >= 0.6 is 0 Å². The molecule has 1 amide bonds. The molecule has 2 N–H and O–H groups in total. The van der Waals surface area contributed by atoms with Gasteiger partial charge < -0.3 is 10.4 Å². The van der Waals surface area contributed by atoms with Crippen LogP contribution in [0.15, 0.2) is 22.5 Å². The quantitative estimate of drug-likeness (QED) is 0.660. The summed E-state index contributed by atoms with van der Waals surface area (Å²) in [5.41, 5.74) is 1.40. The summed E-state index contributed by atoms with van der Waals surface area (Å²) in [6.07, 6.45) is 6.61. The van der Waals surface area contributed by atoms with Crippen molar-refractivity contribution < 1.29 is 23.1 Å². The third kappa shape index (κ3) is 4.81. The summed E-state index contributed by atoms with van der Waals surface area (Å²) < 4.78 is 27.4. The Morgan fingerprint density at radius 1 is 1.15 bits per heavy atom. The topological polar surface area (TPSA) is 116 Å². The van der Waals surface area contributed by atoms with Crippen LogP contribution in [0.2, 0.25) is 0 Å². The van der Waals surface area contributed by atoms with Gasteiger partial charge in [-0.2, -0.15) is 4.31 Å². The Hall–Kier alpha value is -2.52. The Morgan fingerprint density at radius 2 is 1.74 bits per heavy atom. The third-order valence-corrected chi connectivity index (χ3v) is 9.12. The Balaban J connectivity index is 1.45. The summed E-state index contributed by atoms with van der Waals surface area (Å²) in [6, 6.07) is 3.07. The number of benzene rings is 1. The molecule has 184 valence electrons. The Morgan fingerprint density at radius 3 is 2.29 bits per heavy atom. The number of nitrogens with zero attached hydrogens (tertiary/aromatic N) is 2. The molecule has 34 heavy (non-hydrogen) atoms. The number of sulfonamides is 1. The normalized spacial score (nSPS) is 25.5. The fourth-order valence-electron chi connectivity index (χ4n) is 5.32. The first-order chi connectivity index (χ1) is 16.0. The van der Waals surface area contributed by atoms with Crippen molar-refractivity contribution >= 4 is 33.8 Å². The van der Waals surface area contributed by atoms with Crippen LogP contribution < -0.4 is 5.32 Å². The van der Waals surface area contributed by atoms with Gasteiger partial charge in [-0.3, -0.25) is 9.79 Å². The highest BCUT2D eigenvalue weighted by Gasteiger charge is 2.48. The number of amides is 1. The zero-order valence-electron chi connectivity index (χ0n) is 20.0. The molecule has 0 bridgehead atoms. The summed E-state index contributed by atoms with van der Waals surface area (Å²) in [5.74, 6) is 0.689. The van der Waals surface area contributed by atoms with Gasteiger partial charge in [0.25, 0.3) is 5.91 Å². The highest BCUT2D eigenvalue weighted by molar-refractivity contribution is 7.92. The molecule has 0 unspecified atom stereocenters. The third-order valence-electron chi connectivity index (χ3n) is 7.56. The molecule has 4 rings (SSSR count). The molecule has 0 aromatic heterocycles. The van der Waals surface area contributed by atoms with Gasteiger partial charge in [0.2, 0.25) is 10.0 Å². The minimum atomic E-state index is -3.69. The highest BCUT2D eigenvalue weighted by atomic mass is 32.2. The molecule has 9 heteroatoms. The lowest BCUT2D eigenvalue weighted by Gasteiger charge is -2.34.